The summed E-state index contributed by atoms with van der Waals surface area (Å²) in [5, 5.41) is 23.5. The molecule has 7 unspecified atom stereocenters. The van der Waals surface area contributed by atoms with Crippen molar-refractivity contribution in [3.63, 3.8) is 0 Å². The van der Waals surface area contributed by atoms with E-state index in [0.29, 0.717) is 54.8 Å². The predicted molar refractivity (Wildman–Crippen MR) is 251 cm³/mol. The average molecular weight is 945 g/mol. The van der Waals surface area contributed by atoms with Gasteiger partial charge in [0.15, 0.2) is 28.6 Å². The quantitative estimate of drug-likeness (QED) is 0.152. The third-order valence-electron chi connectivity index (χ3n) is 16.1. The Hall–Kier alpha value is -3.93. The van der Waals surface area contributed by atoms with Gasteiger partial charge in [-0.1, -0.05) is 29.4 Å². The summed E-state index contributed by atoms with van der Waals surface area (Å²) in [6.07, 6.45) is 5.70. The molecular weight excluding hydrogens is 873 g/mol. The molecule has 4 bridgehead atoms. The van der Waals surface area contributed by atoms with Crippen LogP contribution in [-0.2, 0) is 39.7 Å². The fourth-order valence-corrected chi connectivity index (χ4v) is 12.7. The highest BCUT2D eigenvalue weighted by Gasteiger charge is 2.86. The van der Waals surface area contributed by atoms with E-state index in [1.807, 2.05) is 46.8 Å². The van der Waals surface area contributed by atoms with Crippen molar-refractivity contribution in [1.29, 1.82) is 0 Å². The first kappa shape index (κ1) is 49.1. The van der Waals surface area contributed by atoms with Crippen LogP contribution >= 0.6 is 0 Å². The van der Waals surface area contributed by atoms with Crippen molar-refractivity contribution in [2.45, 2.75) is 166 Å². The van der Waals surface area contributed by atoms with Gasteiger partial charge >= 0.3 is 5.97 Å². The molecule has 68 heavy (non-hydrogen) atoms. The second kappa shape index (κ2) is 17.4. The smallest absolute Gasteiger partial charge is 0.333 e. The van der Waals surface area contributed by atoms with Gasteiger partial charge in [0.2, 0.25) is 6.29 Å². The van der Waals surface area contributed by atoms with Crippen molar-refractivity contribution >= 4 is 23.6 Å². The number of likely N-dealkylation sites (N-methyl/N-ethyl adjacent to an activating group) is 1. The number of nitrogens with zero attached hydrogens (tertiary/aromatic N) is 2. The van der Waals surface area contributed by atoms with Crippen LogP contribution in [0.2, 0.25) is 0 Å². The van der Waals surface area contributed by atoms with Crippen molar-refractivity contribution < 1.29 is 62.5 Å². The molecule has 0 radical (unpaired) electrons. The maximum Gasteiger partial charge on any atom is 0.333 e. The minimum Gasteiger partial charge on any atom is -0.482 e. The Morgan fingerprint density at radius 1 is 0.926 bits per heavy atom. The van der Waals surface area contributed by atoms with E-state index in [0.717, 1.165) is 25.1 Å². The molecule has 1 aromatic carbocycles. The van der Waals surface area contributed by atoms with Crippen molar-refractivity contribution in [3.8, 4) is 17.2 Å². The number of piperazine rings is 1. The molecule has 1 aromatic rings. The van der Waals surface area contributed by atoms with E-state index < -0.39 is 88.7 Å². The summed E-state index contributed by atoms with van der Waals surface area (Å²) in [7, 11) is 3.39. The summed E-state index contributed by atoms with van der Waals surface area (Å²) < 4.78 is 52.7. The molecule has 1 spiro atoms. The van der Waals surface area contributed by atoms with Gasteiger partial charge in [-0.25, -0.2) is 4.79 Å². The molecule has 0 amide bonds. The van der Waals surface area contributed by atoms with Gasteiger partial charge in [0.1, 0.15) is 52.8 Å². The highest BCUT2D eigenvalue weighted by molar-refractivity contribution is 6.10. The average Bonchev–Trinajstić information content (AvgIpc) is 3.42. The van der Waals surface area contributed by atoms with Crippen LogP contribution in [0.5, 0.6) is 17.2 Å². The van der Waals surface area contributed by atoms with Gasteiger partial charge in [0, 0.05) is 61.6 Å². The molecule has 372 valence electrons. The van der Waals surface area contributed by atoms with Crippen LogP contribution < -0.4 is 14.2 Å². The molecule has 0 aromatic heterocycles. The molecule has 15 nitrogen and oxygen atoms in total. The van der Waals surface area contributed by atoms with Crippen molar-refractivity contribution in [2.24, 2.45) is 17.8 Å². The number of Topliss-reactive ketones (excluding diaryl/α,β-unsaturated/α-hetero) is 2. The minimum absolute atomic E-state index is 0.0272. The number of rotatable bonds is 11. The number of aliphatic hydroxyl groups excluding tert-OH is 2. The van der Waals surface area contributed by atoms with Crippen LogP contribution in [0.3, 0.4) is 0 Å². The van der Waals surface area contributed by atoms with Crippen LogP contribution in [0, 0.1) is 17.8 Å². The second-order valence-corrected chi connectivity index (χ2v) is 22.2. The first-order valence-corrected chi connectivity index (χ1v) is 24.5. The van der Waals surface area contributed by atoms with Crippen LogP contribution in [0.1, 0.15) is 116 Å². The number of esters is 1. The molecule has 12 atom stereocenters. The number of methoxy groups -OCH3 is 1. The molecule has 7 fully saturated rings. The van der Waals surface area contributed by atoms with Gasteiger partial charge in [0.05, 0.1) is 30.8 Å². The Morgan fingerprint density at radius 2 is 1.63 bits per heavy atom. The molecule has 15 heteroatoms. The maximum absolute atomic E-state index is 16.7. The number of aliphatic hydroxyl groups is 2. The predicted octanol–water partition coefficient (Wildman–Crippen LogP) is 5.90. The highest BCUT2D eigenvalue weighted by atomic mass is 16.8. The maximum atomic E-state index is 16.7. The number of carbonyl (C=O) groups is 3. The zero-order chi connectivity index (χ0) is 49.0. The summed E-state index contributed by atoms with van der Waals surface area (Å²) in [6.45, 7) is 22.0. The van der Waals surface area contributed by atoms with Gasteiger partial charge in [-0.3, -0.25) is 14.5 Å². The lowest BCUT2D eigenvalue weighted by Gasteiger charge is -2.65. The summed E-state index contributed by atoms with van der Waals surface area (Å²) in [6, 6.07) is -0.557. The first-order chi connectivity index (χ1) is 32.0. The molecule has 6 aliphatic heterocycles. The summed E-state index contributed by atoms with van der Waals surface area (Å²) in [4.78, 5) is 49.9. The van der Waals surface area contributed by atoms with Crippen LogP contribution in [0.4, 0.5) is 0 Å². The lowest BCUT2D eigenvalue weighted by molar-refractivity contribution is -0.373. The standard InChI is InChI=1S/C53H72N2O13/c1-28(2)14-13-19-51(10)20-18-32-42(66-51)31(16-15-29(3)4)44-36(43(32)64-48-41(58)40(57)45-34(63-48)27-62-50(8,9)65-45)39(56)37-38(55-24-22-54(11)23-25-55)33-26-35-49(6,7)68-52(46(33)59,53(35,37)67-44)21-17-30(5)47(60)61-12/h14-15,17-18,20,33-35,37-38,40-41,45,48,57-58H,13,16,19,21-27H2,1-12H3/b30-17-/t33?,34-,35?,37?,38?,40-,41-,45-,48+,51?,52?,53?/m0/s1. The third kappa shape index (κ3) is 7.82. The molecule has 3 aliphatic carbocycles. The zero-order valence-corrected chi connectivity index (χ0v) is 41.9. The number of ketones is 2. The lowest BCUT2D eigenvalue weighted by Crippen LogP contribution is -2.82. The Labute approximate surface area is 400 Å². The van der Waals surface area contributed by atoms with Crippen molar-refractivity contribution in [2.75, 3.05) is 46.9 Å². The summed E-state index contributed by atoms with van der Waals surface area (Å²) in [5.74, 6) is -3.23. The largest absolute Gasteiger partial charge is 0.482 e. The number of fused-ring (bicyclic) bond motifs is 3. The molecule has 3 saturated carbocycles. The molecule has 6 heterocycles. The second-order valence-electron chi connectivity index (χ2n) is 22.2. The fourth-order valence-electron chi connectivity index (χ4n) is 12.7. The molecule has 10 rings (SSSR count). The Morgan fingerprint density at radius 3 is 2.31 bits per heavy atom. The first-order valence-electron chi connectivity index (χ1n) is 24.5. The van der Waals surface area contributed by atoms with Crippen LogP contribution in [0.25, 0.3) is 6.08 Å². The van der Waals surface area contributed by atoms with E-state index in [1.54, 1.807) is 26.8 Å². The van der Waals surface area contributed by atoms with E-state index in [9.17, 15) is 15.0 Å². The number of benzene rings is 1. The zero-order valence-electron chi connectivity index (χ0n) is 41.9. The van der Waals surface area contributed by atoms with Crippen LogP contribution in [-0.4, -0.2) is 149 Å². The molecule has 2 N–H and O–H groups in total. The van der Waals surface area contributed by atoms with E-state index in [-0.39, 0.29) is 41.7 Å². The van der Waals surface area contributed by atoms with Gasteiger partial charge < -0.3 is 53.0 Å². The molecule has 9 aliphatic rings. The monoisotopic (exact) mass is 945 g/mol. The van der Waals surface area contributed by atoms with Gasteiger partial charge in [0.25, 0.3) is 0 Å². The topological polar surface area (TPSA) is 172 Å². The van der Waals surface area contributed by atoms with E-state index in [4.69, 9.17) is 37.9 Å². The van der Waals surface area contributed by atoms with Gasteiger partial charge in [-0.05, 0) is 114 Å². The summed E-state index contributed by atoms with van der Waals surface area (Å²) in [5.41, 5.74) is -1.23. The van der Waals surface area contributed by atoms with Gasteiger partial charge in [-0.15, -0.1) is 0 Å². The van der Waals surface area contributed by atoms with Crippen molar-refractivity contribution in [3.05, 3.63) is 57.7 Å². The van der Waals surface area contributed by atoms with E-state index >= 15 is 9.59 Å². The molecule has 4 saturated heterocycles. The lowest BCUT2D eigenvalue weighted by atomic mass is 9.44. The Balaban J connectivity index is 1.29. The third-order valence-corrected chi connectivity index (χ3v) is 16.1. The Kier molecular flexibility index (Phi) is 12.6. The fraction of sp³-hybridized carbons (Fsp3) is 0.679. The van der Waals surface area contributed by atoms with Crippen molar-refractivity contribution in [1.82, 2.24) is 9.80 Å². The van der Waals surface area contributed by atoms with E-state index in [2.05, 4.69) is 42.8 Å². The van der Waals surface area contributed by atoms with E-state index in [1.165, 1.54) is 12.7 Å². The SMILES string of the molecule is COC(=O)/C(C)=C\CC12OC(C)(C)C3CC(C1=O)C(N1CCN(C)CC1)C1C(=O)c4c(O[C@H]5O[C@H]6COC(C)(C)O[C@@H]6[C@@H](O)[C@@H]5O)c5c(c(CC=C(C)C)c4OC132)OC(C)(CCC=C(C)C)C=C5. The number of ether oxygens (including phenoxy) is 8. The normalized spacial score (nSPS) is 37.7. The summed E-state index contributed by atoms with van der Waals surface area (Å²) >= 11 is 0. The number of allylic oxidation sites excluding steroid dienone is 4. The highest BCUT2D eigenvalue weighted by Crippen LogP contribution is 2.71. The Bertz CT molecular complexity index is 2350. The minimum atomic E-state index is -1.68. The molecular formula is C53H72N2O13. The van der Waals surface area contributed by atoms with Gasteiger partial charge in [-0.2, -0.15) is 0 Å². The number of hydrogen-bond donors (Lipinski definition) is 2. The number of hydrogen-bond acceptors (Lipinski definition) is 15. The van der Waals surface area contributed by atoms with Crippen LogP contribution in [0.15, 0.2) is 41.0 Å². The number of carbonyl (C=O) groups excluding carboxylic acids is 3.